The van der Waals surface area contributed by atoms with E-state index in [1.54, 1.807) is 21.6 Å². The molecule has 0 radical (unpaired) electrons. The van der Waals surface area contributed by atoms with E-state index >= 15 is 0 Å². The van der Waals surface area contributed by atoms with Crippen molar-refractivity contribution >= 4 is 45.9 Å². The number of anilines is 1. The number of rotatable bonds is 8. The average molecular weight is 560 g/mol. The molecule has 1 N–H and O–H groups in total. The van der Waals surface area contributed by atoms with Gasteiger partial charge in [0.25, 0.3) is 5.91 Å². The first-order valence-corrected chi connectivity index (χ1v) is 15.4. The molecule has 2 fully saturated rings. The molecule has 6 rings (SSSR count). The quantitative estimate of drug-likeness (QED) is 0.391. The van der Waals surface area contributed by atoms with Crippen LogP contribution < -0.4 is 4.90 Å². The number of benzene rings is 2. The predicted octanol–water partition coefficient (Wildman–Crippen LogP) is 4.01. The van der Waals surface area contributed by atoms with Gasteiger partial charge in [0.15, 0.2) is 0 Å². The third-order valence-corrected chi connectivity index (χ3v) is 10.6. The number of likely N-dealkylation sites (tertiary alicyclic amines) is 1. The first kappa shape index (κ1) is 27.1. The molecule has 0 aliphatic carbocycles. The summed E-state index contributed by atoms with van der Waals surface area (Å²) in [5.41, 5.74) is 0.809. The Morgan fingerprint density at radius 2 is 1.75 bits per heavy atom. The van der Waals surface area contributed by atoms with Crippen LogP contribution in [-0.4, -0.2) is 81.5 Å². The van der Waals surface area contributed by atoms with Crippen LogP contribution in [0.25, 0.3) is 10.8 Å². The molecule has 210 valence electrons. The van der Waals surface area contributed by atoms with E-state index in [0.29, 0.717) is 39.0 Å². The van der Waals surface area contributed by atoms with Gasteiger partial charge in [-0.25, -0.2) is 0 Å². The van der Waals surface area contributed by atoms with Crippen LogP contribution in [0.4, 0.5) is 5.69 Å². The number of aliphatic hydroxyl groups is 1. The van der Waals surface area contributed by atoms with Gasteiger partial charge in [-0.3, -0.25) is 14.4 Å². The second kappa shape index (κ2) is 11.1. The number of fused-ring (bicyclic) bond motifs is 3. The van der Waals surface area contributed by atoms with E-state index in [1.807, 2.05) is 47.4 Å². The van der Waals surface area contributed by atoms with E-state index in [2.05, 4.69) is 31.2 Å². The smallest absolute Gasteiger partial charge is 0.251 e. The first-order chi connectivity index (χ1) is 19.5. The van der Waals surface area contributed by atoms with E-state index < -0.39 is 22.6 Å². The fourth-order valence-electron chi connectivity index (χ4n) is 7.05. The van der Waals surface area contributed by atoms with Crippen LogP contribution >= 0.6 is 11.8 Å². The number of carbonyl (C=O) groups excluding carboxylic acids is 3. The van der Waals surface area contributed by atoms with Gasteiger partial charge < -0.3 is 19.8 Å². The molecule has 4 aliphatic heterocycles. The molecule has 4 aliphatic rings. The summed E-state index contributed by atoms with van der Waals surface area (Å²) < 4.78 is -0.804. The van der Waals surface area contributed by atoms with Gasteiger partial charge in [0, 0.05) is 43.7 Å². The molecule has 2 saturated heterocycles. The molecule has 5 atom stereocenters. The highest BCUT2D eigenvalue weighted by atomic mass is 32.2. The highest BCUT2D eigenvalue weighted by Crippen LogP contribution is 2.61. The fourth-order valence-corrected chi connectivity index (χ4v) is 9.05. The van der Waals surface area contributed by atoms with Crippen molar-refractivity contribution in [3.63, 3.8) is 0 Å². The molecule has 40 heavy (non-hydrogen) atoms. The summed E-state index contributed by atoms with van der Waals surface area (Å²) in [6, 6.07) is 13.5. The van der Waals surface area contributed by atoms with Crippen LogP contribution in [0.5, 0.6) is 0 Å². The van der Waals surface area contributed by atoms with Gasteiger partial charge in [0.1, 0.15) is 6.04 Å². The molecule has 0 bridgehead atoms. The van der Waals surface area contributed by atoms with Gasteiger partial charge in [0.05, 0.1) is 16.6 Å². The molecule has 4 heterocycles. The van der Waals surface area contributed by atoms with Crippen molar-refractivity contribution in [2.75, 3.05) is 37.7 Å². The number of hydrogen-bond donors (Lipinski definition) is 1. The van der Waals surface area contributed by atoms with Gasteiger partial charge in [-0.05, 0) is 48.6 Å². The van der Waals surface area contributed by atoms with Crippen LogP contribution in [0.1, 0.15) is 32.6 Å². The summed E-state index contributed by atoms with van der Waals surface area (Å²) in [4.78, 5) is 48.3. The molecular formula is C32H37N3O4S. The summed E-state index contributed by atoms with van der Waals surface area (Å²) >= 11 is 1.63. The zero-order valence-electron chi connectivity index (χ0n) is 22.9. The minimum absolute atomic E-state index is 0.0249. The van der Waals surface area contributed by atoms with Gasteiger partial charge in [-0.15, -0.1) is 11.8 Å². The van der Waals surface area contributed by atoms with Crippen molar-refractivity contribution in [3.05, 3.63) is 66.8 Å². The SMILES string of the molecule is CCCN1CC=C[C@H]2S[C@]34C=CCN(c5ccc6ccccc6c5)C(=O)C3N(CCCCCO)C(=O)[C@@H]4[C@H]2C1=O. The van der Waals surface area contributed by atoms with Gasteiger partial charge in [-0.2, -0.15) is 0 Å². The predicted molar refractivity (Wildman–Crippen MR) is 159 cm³/mol. The van der Waals surface area contributed by atoms with E-state index in [9.17, 15) is 19.5 Å². The van der Waals surface area contributed by atoms with Crippen LogP contribution in [0.15, 0.2) is 66.8 Å². The van der Waals surface area contributed by atoms with E-state index in [-0.39, 0.29) is 29.6 Å². The lowest BCUT2D eigenvalue weighted by atomic mass is 9.78. The molecule has 3 amide bonds. The van der Waals surface area contributed by atoms with Crippen LogP contribution in [0, 0.1) is 11.8 Å². The number of carbonyl (C=O) groups is 3. The van der Waals surface area contributed by atoms with Crippen molar-refractivity contribution in [1.29, 1.82) is 0 Å². The Kier molecular flexibility index (Phi) is 7.48. The number of hydrogen-bond acceptors (Lipinski definition) is 5. The molecule has 0 aromatic heterocycles. The number of amides is 3. The maximum Gasteiger partial charge on any atom is 0.251 e. The summed E-state index contributed by atoms with van der Waals surface area (Å²) in [5.74, 6) is -1.23. The molecule has 1 unspecified atom stereocenters. The Balaban J connectivity index is 1.41. The monoisotopic (exact) mass is 559 g/mol. The molecular weight excluding hydrogens is 522 g/mol. The van der Waals surface area contributed by atoms with Gasteiger partial charge in [-0.1, -0.05) is 61.6 Å². The topological polar surface area (TPSA) is 81.2 Å². The van der Waals surface area contributed by atoms with Crippen molar-refractivity contribution in [1.82, 2.24) is 9.80 Å². The van der Waals surface area contributed by atoms with Crippen molar-refractivity contribution in [3.8, 4) is 0 Å². The maximum absolute atomic E-state index is 14.6. The van der Waals surface area contributed by atoms with Crippen molar-refractivity contribution in [2.45, 2.75) is 48.6 Å². The van der Waals surface area contributed by atoms with E-state index in [4.69, 9.17) is 0 Å². The summed E-state index contributed by atoms with van der Waals surface area (Å²) in [5, 5.41) is 11.3. The van der Waals surface area contributed by atoms with Crippen molar-refractivity contribution < 1.29 is 19.5 Å². The average Bonchev–Trinajstić information content (AvgIpc) is 3.27. The Morgan fingerprint density at radius 3 is 2.55 bits per heavy atom. The van der Waals surface area contributed by atoms with Crippen LogP contribution in [-0.2, 0) is 14.4 Å². The zero-order valence-corrected chi connectivity index (χ0v) is 23.8. The lowest BCUT2D eigenvalue weighted by molar-refractivity contribution is -0.142. The molecule has 8 heteroatoms. The number of thioether (sulfide) groups is 1. The molecule has 2 aromatic rings. The third-order valence-electron chi connectivity index (χ3n) is 8.84. The van der Waals surface area contributed by atoms with Crippen molar-refractivity contribution in [2.24, 2.45) is 11.8 Å². The highest BCUT2D eigenvalue weighted by Gasteiger charge is 2.70. The largest absolute Gasteiger partial charge is 0.396 e. The van der Waals surface area contributed by atoms with Crippen LogP contribution in [0.3, 0.4) is 0 Å². The summed E-state index contributed by atoms with van der Waals surface area (Å²) in [7, 11) is 0. The van der Waals surface area contributed by atoms with Crippen LogP contribution in [0.2, 0.25) is 0 Å². The standard InChI is InChI=1S/C32H37N3O4S/c1-2-16-33-17-8-12-25-26(29(33)37)27-30(38)35(18-6-3-7-20-36)28-31(39)34(19-9-15-32(27,28)40-25)24-14-13-22-10-4-5-11-23(22)21-24/h4-5,8-15,21,25-28,36H,2-3,6-7,16-20H2,1H3/t25-,26+,27+,28?,32+/m1/s1. The second-order valence-corrected chi connectivity index (χ2v) is 12.7. The normalized spacial score (nSPS) is 29.6. The molecule has 7 nitrogen and oxygen atoms in total. The Labute approximate surface area is 239 Å². The molecule has 1 spiro atoms. The van der Waals surface area contributed by atoms with E-state index in [1.165, 1.54) is 0 Å². The second-order valence-electron chi connectivity index (χ2n) is 11.3. The Hall–Kier alpha value is -3.10. The molecule has 2 aromatic carbocycles. The fraction of sp³-hybridized carbons (Fsp3) is 0.469. The minimum atomic E-state index is -0.804. The number of aliphatic hydroxyl groups excluding tert-OH is 1. The lowest BCUT2D eigenvalue weighted by Gasteiger charge is -2.35. The summed E-state index contributed by atoms with van der Waals surface area (Å²) in [6.45, 7) is 4.23. The minimum Gasteiger partial charge on any atom is -0.396 e. The van der Waals surface area contributed by atoms with Gasteiger partial charge >= 0.3 is 0 Å². The lowest BCUT2D eigenvalue weighted by Crippen LogP contribution is -2.53. The number of unbranched alkanes of at least 4 members (excludes halogenated alkanes) is 2. The highest BCUT2D eigenvalue weighted by molar-refractivity contribution is 8.02. The number of nitrogens with zero attached hydrogens (tertiary/aromatic N) is 3. The zero-order chi connectivity index (χ0) is 27.9. The van der Waals surface area contributed by atoms with E-state index in [0.717, 1.165) is 29.3 Å². The first-order valence-electron chi connectivity index (χ1n) is 14.5. The Morgan fingerprint density at radius 1 is 0.925 bits per heavy atom. The van der Waals surface area contributed by atoms with Gasteiger partial charge in [0.2, 0.25) is 11.8 Å². The Bertz CT molecular complexity index is 1370. The maximum atomic E-state index is 14.6. The third kappa shape index (κ3) is 4.36. The summed E-state index contributed by atoms with van der Waals surface area (Å²) in [6.07, 6.45) is 11.2. The molecule has 0 saturated carbocycles.